The third-order valence-corrected chi connectivity index (χ3v) is 5.69. The van der Waals surface area contributed by atoms with E-state index in [1.54, 1.807) is 0 Å². The topological polar surface area (TPSA) is 101 Å². The number of amides is 1. The molecule has 1 atom stereocenters. The Bertz CT molecular complexity index is 489. The van der Waals surface area contributed by atoms with Gasteiger partial charge in [-0.25, -0.2) is 0 Å². The summed E-state index contributed by atoms with van der Waals surface area (Å²) in [6.07, 6.45) is 21.3. The average Bonchev–Trinajstić information content (AvgIpc) is 2.74. The van der Waals surface area contributed by atoms with Gasteiger partial charge in [0.25, 0.3) is 0 Å². The van der Waals surface area contributed by atoms with Crippen LogP contribution in [0.1, 0.15) is 110 Å². The summed E-state index contributed by atoms with van der Waals surface area (Å²) in [5, 5.41) is 25.6. The van der Waals surface area contributed by atoms with Gasteiger partial charge in [0.1, 0.15) is 0 Å². The van der Waals surface area contributed by atoms with Gasteiger partial charge in [-0.2, -0.15) is 0 Å². The quantitative estimate of drug-likeness (QED) is 0.124. The first-order chi connectivity index (χ1) is 15.0. The number of hydrogen-bond donors (Lipinski definition) is 3. The van der Waals surface area contributed by atoms with Gasteiger partial charge in [-0.1, -0.05) is 70.4 Å². The number of aliphatic hydroxyl groups excluding tert-OH is 1. The minimum absolute atomic E-state index is 0. The van der Waals surface area contributed by atoms with Crippen molar-refractivity contribution >= 4 is 11.9 Å². The van der Waals surface area contributed by atoms with E-state index in [1.165, 1.54) is 64.7 Å². The molecule has 0 saturated carbocycles. The maximum atomic E-state index is 11.9. The number of aliphatic hydroxyl groups is 1. The summed E-state index contributed by atoms with van der Waals surface area (Å²) >= 11 is 0. The normalized spacial score (nSPS) is 13.0. The number of unbranched alkanes of at least 4 members (excludes halogenated alkanes) is 11. The summed E-state index contributed by atoms with van der Waals surface area (Å²) in [5.74, 6) is -1.27. The van der Waals surface area contributed by atoms with E-state index in [9.17, 15) is 14.7 Å². The van der Waals surface area contributed by atoms with Gasteiger partial charge in [0.2, 0.25) is 5.91 Å². The number of carbonyl (C=O) groups is 2. The van der Waals surface area contributed by atoms with E-state index in [4.69, 9.17) is 5.11 Å². The Morgan fingerprint density at radius 1 is 0.875 bits per heavy atom. The summed E-state index contributed by atoms with van der Waals surface area (Å²) in [6, 6.07) is 0. The second-order valence-corrected chi connectivity index (χ2v) is 8.70. The Morgan fingerprint density at radius 3 is 1.94 bits per heavy atom. The summed E-state index contributed by atoms with van der Waals surface area (Å²) in [5.41, 5.74) is -1.25. The minimum Gasteiger partial charge on any atom is -0.548 e. The summed E-state index contributed by atoms with van der Waals surface area (Å²) < 4.78 is 0. The van der Waals surface area contributed by atoms with E-state index in [0.29, 0.717) is 6.42 Å². The molecule has 0 rings (SSSR count). The number of nitrogens with one attached hydrogen (secondary N) is 2. The molecule has 6 nitrogen and oxygen atoms in total. The summed E-state index contributed by atoms with van der Waals surface area (Å²) in [6.45, 7) is 4.05. The number of carboxylic acid groups (broad SMARTS) is 1. The number of carboxylic acids is 1. The van der Waals surface area contributed by atoms with E-state index >= 15 is 0 Å². The molecule has 0 aliphatic heterocycles. The molecule has 0 aromatic heterocycles. The Kier molecular flexibility index (Phi) is 25.1. The fourth-order valence-electron chi connectivity index (χ4n) is 3.49. The van der Waals surface area contributed by atoms with Gasteiger partial charge in [0.05, 0.1) is 18.1 Å². The summed E-state index contributed by atoms with van der Waals surface area (Å²) in [7, 11) is 0. The average molecular weight is 463 g/mol. The monoisotopic (exact) mass is 462 g/mol. The molecule has 0 saturated heterocycles. The zero-order chi connectivity index (χ0) is 23.2. The molecule has 3 N–H and O–H groups in total. The van der Waals surface area contributed by atoms with Crippen molar-refractivity contribution in [1.82, 2.24) is 10.6 Å². The zero-order valence-electron chi connectivity index (χ0n) is 21.1. The molecular formula is C25H47N2NaO4. The van der Waals surface area contributed by atoms with Crippen molar-refractivity contribution in [3.63, 3.8) is 0 Å². The molecule has 7 heteroatoms. The van der Waals surface area contributed by atoms with Gasteiger partial charge in [0, 0.05) is 19.5 Å². The number of hydrogen-bond acceptors (Lipinski definition) is 5. The molecule has 0 aromatic carbocycles. The predicted octanol–water partition coefficient (Wildman–Crippen LogP) is 0.625. The molecule has 0 spiro atoms. The largest absolute Gasteiger partial charge is 1.00 e. The van der Waals surface area contributed by atoms with Crippen LogP contribution in [-0.4, -0.2) is 42.2 Å². The minimum atomic E-state index is -1.25. The van der Waals surface area contributed by atoms with Crippen LogP contribution in [0.5, 0.6) is 0 Å². The van der Waals surface area contributed by atoms with Crippen LogP contribution in [0, 0.1) is 0 Å². The van der Waals surface area contributed by atoms with E-state index in [0.717, 1.165) is 25.7 Å². The molecule has 1 unspecified atom stereocenters. The van der Waals surface area contributed by atoms with Crippen molar-refractivity contribution in [2.24, 2.45) is 0 Å². The van der Waals surface area contributed by atoms with Gasteiger partial charge in [-0.15, -0.1) is 0 Å². The molecule has 182 valence electrons. The number of rotatable bonds is 22. The van der Waals surface area contributed by atoms with E-state index in [1.807, 2.05) is 0 Å². The van der Waals surface area contributed by atoms with Crippen molar-refractivity contribution in [1.29, 1.82) is 0 Å². The molecule has 0 aliphatic carbocycles. The first-order valence-corrected chi connectivity index (χ1v) is 12.4. The van der Waals surface area contributed by atoms with Crippen LogP contribution in [0.25, 0.3) is 0 Å². The third kappa shape index (κ3) is 20.2. The van der Waals surface area contributed by atoms with Crippen LogP contribution in [-0.2, 0) is 9.59 Å². The van der Waals surface area contributed by atoms with Crippen LogP contribution < -0.4 is 45.3 Å². The molecule has 32 heavy (non-hydrogen) atoms. The Morgan fingerprint density at radius 2 is 1.41 bits per heavy atom. The number of carbonyl (C=O) groups excluding carboxylic acids is 2. The van der Waals surface area contributed by atoms with Crippen LogP contribution in [0.4, 0.5) is 0 Å². The number of aliphatic carboxylic acids is 1. The first kappa shape index (κ1) is 33.8. The molecular weight excluding hydrogens is 415 g/mol. The second kappa shape index (κ2) is 23.7. The van der Waals surface area contributed by atoms with Crippen molar-refractivity contribution in [3.05, 3.63) is 12.2 Å². The molecule has 0 radical (unpaired) electrons. The third-order valence-electron chi connectivity index (χ3n) is 5.69. The van der Waals surface area contributed by atoms with Crippen LogP contribution in [0.3, 0.4) is 0 Å². The van der Waals surface area contributed by atoms with Gasteiger partial charge in [-0.05, 0) is 45.4 Å². The van der Waals surface area contributed by atoms with Gasteiger partial charge in [0.15, 0.2) is 0 Å². The maximum Gasteiger partial charge on any atom is 1.00 e. The van der Waals surface area contributed by atoms with E-state index in [-0.39, 0.29) is 61.6 Å². The molecule has 0 heterocycles. The molecule has 0 aromatic rings. The maximum absolute atomic E-state index is 11.9. The van der Waals surface area contributed by atoms with Crippen molar-refractivity contribution in [2.75, 3.05) is 19.7 Å². The number of β-amino-alcohol motifs (C(OH)–C–C–N with tert-alkyl or cyclic N) is 1. The van der Waals surface area contributed by atoms with Gasteiger partial charge in [-0.3, -0.25) is 4.79 Å². The zero-order valence-corrected chi connectivity index (χ0v) is 23.1. The Labute approximate surface area is 218 Å². The SMILES string of the molecule is CCCCCCCC/C=C\CCCCCCCC(=O)NCCC(C)(NCCO)C(=O)[O-].[Na+]. The fraction of sp³-hybridized carbons (Fsp3) is 0.840. The Hall–Kier alpha value is -0.400. The molecule has 0 bridgehead atoms. The smallest absolute Gasteiger partial charge is 0.548 e. The van der Waals surface area contributed by atoms with Crippen molar-refractivity contribution in [2.45, 2.75) is 116 Å². The Balaban J connectivity index is 0. The number of allylic oxidation sites excluding steroid dienone is 2. The van der Waals surface area contributed by atoms with Crippen LogP contribution in [0.15, 0.2) is 12.2 Å². The summed E-state index contributed by atoms with van der Waals surface area (Å²) in [4.78, 5) is 23.2. The van der Waals surface area contributed by atoms with E-state index < -0.39 is 11.5 Å². The molecule has 1 amide bonds. The van der Waals surface area contributed by atoms with Crippen LogP contribution >= 0.6 is 0 Å². The van der Waals surface area contributed by atoms with Gasteiger partial charge >= 0.3 is 29.6 Å². The molecule has 0 aliphatic rings. The van der Waals surface area contributed by atoms with Crippen molar-refractivity contribution in [3.8, 4) is 0 Å². The van der Waals surface area contributed by atoms with Gasteiger partial charge < -0.3 is 25.6 Å². The fourth-order valence-corrected chi connectivity index (χ4v) is 3.49. The molecule has 0 fully saturated rings. The first-order valence-electron chi connectivity index (χ1n) is 12.4. The predicted molar refractivity (Wildman–Crippen MR) is 126 cm³/mol. The standard InChI is InChI=1S/C25H48N2O4.Na/c1-3-4-5-6-7-8-9-10-11-12-13-14-15-16-17-18-23(29)26-20-19-25(2,24(30)31)27-21-22-28;/h10-11,27-28H,3-9,12-22H2,1-2H3,(H,26,29)(H,30,31);/q;+1/p-1/b11-10-;. The van der Waals surface area contributed by atoms with Crippen molar-refractivity contribution < 1.29 is 49.4 Å². The second-order valence-electron chi connectivity index (χ2n) is 8.70. The van der Waals surface area contributed by atoms with E-state index in [2.05, 4.69) is 29.7 Å². The van der Waals surface area contributed by atoms with Crippen LogP contribution in [0.2, 0.25) is 0 Å².